The predicted molar refractivity (Wildman–Crippen MR) is 144 cm³/mol. The molecule has 0 aliphatic carbocycles. The fourth-order valence-electron chi connectivity index (χ4n) is 4.15. The SMILES string of the molecule is O=C(NCc1ccccc1Cl)C(Cc1ccccc1)N(Cc1ccc(F)cc1)C(=O)Cc1ccccc1. The minimum Gasteiger partial charge on any atom is -0.350 e. The highest BCUT2D eigenvalue weighted by molar-refractivity contribution is 6.31. The van der Waals surface area contributed by atoms with Crippen LogP contribution in [0.4, 0.5) is 4.39 Å². The second kappa shape index (κ2) is 12.8. The van der Waals surface area contributed by atoms with Gasteiger partial charge >= 0.3 is 0 Å². The molecule has 188 valence electrons. The molecule has 0 radical (unpaired) electrons. The summed E-state index contributed by atoms with van der Waals surface area (Å²) in [4.78, 5) is 29.0. The molecule has 4 nitrogen and oxygen atoms in total. The first-order chi connectivity index (χ1) is 18.0. The molecule has 0 aliphatic heterocycles. The van der Waals surface area contributed by atoms with Crippen molar-refractivity contribution in [1.29, 1.82) is 0 Å². The Morgan fingerprint density at radius 2 is 1.35 bits per heavy atom. The molecule has 4 aromatic carbocycles. The highest BCUT2D eigenvalue weighted by Crippen LogP contribution is 2.18. The molecule has 0 aliphatic rings. The number of carbonyl (C=O) groups is 2. The first kappa shape index (κ1) is 26.1. The largest absolute Gasteiger partial charge is 0.350 e. The zero-order valence-corrected chi connectivity index (χ0v) is 21.1. The van der Waals surface area contributed by atoms with E-state index in [1.807, 2.05) is 78.9 Å². The van der Waals surface area contributed by atoms with Crippen LogP contribution in [-0.2, 0) is 35.5 Å². The number of halogens is 2. The highest BCUT2D eigenvalue weighted by Gasteiger charge is 2.30. The van der Waals surface area contributed by atoms with Crippen molar-refractivity contribution in [2.24, 2.45) is 0 Å². The maximum Gasteiger partial charge on any atom is 0.243 e. The summed E-state index contributed by atoms with van der Waals surface area (Å²) >= 11 is 6.29. The predicted octanol–water partition coefficient (Wildman–Crippen LogP) is 5.98. The first-order valence-electron chi connectivity index (χ1n) is 12.1. The molecule has 0 heterocycles. The summed E-state index contributed by atoms with van der Waals surface area (Å²) in [6.07, 6.45) is 0.474. The third-order valence-electron chi connectivity index (χ3n) is 6.15. The molecule has 37 heavy (non-hydrogen) atoms. The van der Waals surface area contributed by atoms with Crippen LogP contribution in [0.3, 0.4) is 0 Å². The molecule has 4 aromatic rings. The lowest BCUT2D eigenvalue weighted by Gasteiger charge is -2.32. The molecule has 0 aromatic heterocycles. The minimum absolute atomic E-state index is 0.144. The Bertz CT molecular complexity index is 1310. The second-order valence-corrected chi connectivity index (χ2v) is 9.23. The standard InChI is InChI=1S/C31H28ClFN2O2/c32-28-14-8-7-13-26(28)21-34-31(37)29(19-23-9-3-1-4-10-23)35(22-25-15-17-27(33)18-16-25)30(36)20-24-11-5-2-6-12-24/h1-18,29H,19-22H2,(H,34,37). The molecule has 0 saturated heterocycles. The van der Waals surface area contributed by atoms with Crippen molar-refractivity contribution in [2.75, 3.05) is 0 Å². The molecule has 1 atom stereocenters. The van der Waals surface area contributed by atoms with Crippen molar-refractivity contribution < 1.29 is 14.0 Å². The summed E-state index contributed by atoms with van der Waals surface area (Å²) in [6, 6.07) is 31.6. The van der Waals surface area contributed by atoms with Gasteiger partial charge < -0.3 is 10.2 Å². The Balaban J connectivity index is 1.64. The number of nitrogens with zero attached hydrogens (tertiary/aromatic N) is 1. The van der Waals surface area contributed by atoms with E-state index < -0.39 is 6.04 Å². The van der Waals surface area contributed by atoms with Gasteiger partial charge in [0.15, 0.2) is 0 Å². The number of rotatable bonds is 10. The van der Waals surface area contributed by atoms with E-state index in [0.717, 1.165) is 22.3 Å². The highest BCUT2D eigenvalue weighted by atomic mass is 35.5. The summed E-state index contributed by atoms with van der Waals surface area (Å²) in [5.41, 5.74) is 3.31. The van der Waals surface area contributed by atoms with Crippen LogP contribution >= 0.6 is 11.6 Å². The zero-order valence-electron chi connectivity index (χ0n) is 20.3. The van der Waals surface area contributed by atoms with Gasteiger partial charge in [0, 0.05) is 24.5 Å². The number of hydrogen-bond donors (Lipinski definition) is 1. The van der Waals surface area contributed by atoms with Gasteiger partial charge in [-0.1, -0.05) is 103 Å². The van der Waals surface area contributed by atoms with Crippen LogP contribution in [0, 0.1) is 5.82 Å². The van der Waals surface area contributed by atoms with E-state index in [-0.39, 0.29) is 37.1 Å². The summed E-state index contributed by atoms with van der Waals surface area (Å²) in [5, 5.41) is 3.54. The Hall–Kier alpha value is -3.96. The monoisotopic (exact) mass is 514 g/mol. The van der Waals surface area contributed by atoms with Gasteiger partial charge in [-0.05, 0) is 40.5 Å². The smallest absolute Gasteiger partial charge is 0.243 e. The van der Waals surface area contributed by atoms with Crippen LogP contribution in [0.2, 0.25) is 5.02 Å². The number of amides is 2. The van der Waals surface area contributed by atoms with Crippen molar-refractivity contribution in [3.63, 3.8) is 0 Å². The number of carbonyl (C=O) groups excluding carboxylic acids is 2. The Morgan fingerprint density at radius 1 is 0.757 bits per heavy atom. The Labute approximate surface area is 221 Å². The molecule has 6 heteroatoms. The normalized spacial score (nSPS) is 11.5. The lowest BCUT2D eigenvalue weighted by molar-refractivity contribution is -0.140. The third-order valence-corrected chi connectivity index (χ3v) is 6.52. The average Bonchev–Trinajstić information content (AvgIpc) is 2.92. The van der Waals surface area contributed by atoms with Crippen LogP contribution in [0.5, 0.6) is 0 Å². The van der Waals surface area contributed by atoms with Gasteiger partial charge in [0.05, 0.1) is 6.42 Å². The van der Waals surface area contributed by atoms with E-state index in [4.69, 9.17) is 11.6 Å². The van der Waals surface area contributed by atoms with E-state index in [1.165, 1.54) is 12.1 Å². The van der Waals surface area contributed by atoms with E-state index in [2.05, 4.69) is 5.32 Å². The fourth-order valence-corrected chi connectivity index (χ4v) is 4.36. The van der Waals surface area contributed by atoms with Crippen LogP contribution in [0.15, 0.2) is 109 Å². The average molecular weight is 515 g/mol. The molecule has 1 unspecified atom stereocenters. The molecule has 0 saturated carbocycles. The van der Waals surface area contributed by atoms with Crippen molar-refractivity contribution >= 4 is 23.4 Å². The second-order valence-electron chi connectivity index (χ2n) is 8.83. The molecule has 0 bridgehead atoms. The Morgan fingerprint density at radius 3 is 2.00 bits per heavy atom. The summed E-state index contributed by atoms with van der Waals surface area (Å²) in [7, 11) is 0. The van der Waals surface area contributed by atoms with Crippen LogP contribution in [0.25, 0.3) is 0 Å². The van der Waals surface area contributed by atoms with Gasteiger partial charge in [-0.25, -0.2) is 4.39 Å². The van der Waals surface area contributed by atoms with Gasteiger partial charge in [0.1, 0.15) is 11.9 Å². The van der Waals surface area contributed by atoms with Crippen LogP contribution < -0.4 is 5.32 Å². The fraction of sp³-hybridized carbons (Fsp3) is 0.161. The minimum atomic E-state index is -0.786. The van der Waals surface area contributed by atoms with E-state index in [1.54, 1.807) is 23.1 Å². The third kappa shape index (κ3) is 7.51. The van der Waals surface area contributed by atoms with Crippen LogP contribution in [0.1, 0.15) is 22.3 Å². The van der Waals surface area contributed by atoms with Gasteiger partial charge in [0.2, 0.25) is 11.8 Å². The van der Waals surface area contributed by atoms with Crippen molar-refractivity contribution in [1.82, 2.24) is 10.2 Å². The van der Waals surface area contributed by atoms with Gasteiger partial charge in [-0.3, -0.25) is 9.59 Å². The van der Waals surface area contributed by atoms with Gasteiger partial charge in [-0.15, -0.1) is 0 Å². The quantitative estimate of drug-likeness (QED) is 0.283. The lowest BCUT2D eigenvalue weighted by Crippen LogP contribution is -2.50. The van der Waals surface area contributed by atoms with Gasteiger partial charge in [0.25, 0.3) is 0 Å². The molecule has 4 rings (SSSR count). The molecule has 2 amide bonds. The van der Waals surface area contributed by atoms with Crippen LogP contribution in [-0.4, -0.2) is 22.8 Å². The number of hydrogen-bond acceptors (Lipinski definition) is 2. The maximum atomic E-state index is 13.7. The number of benzene rings is 4. The molecular weight excluding hydrogens is 487 g/mol. The Kier molecular flexibility index (Phi) is 9.06. The summed E-state index contributed by atoms with van der Waals surface area (Å²) < 4.78 is 13.6. The van der Waals surface area contributed by atoms with Gasteiger partial charge in [-0.2, -0.15) is 0 Å². The lowest BCUT2D eigenvalue weighted by atomic mass is 10.0. The summed E-state index contributed by atoms with van der Waals surface area (Å²) in [6.45, 7) is 0.407. The molecule has 0 spiro atoms. The number of nitrogens with one attached hydrogen (secondary N) is 1. The first-order valence-corrected chi connectivity index (χ1v) is 12.5. The molecule has 0 fully saturated rings. The van der Waals surface area contributed by atoms with Crippen molar-refractivity contribution in [2.45, 2.75) is 32.0 Å². The van der Waals surface area contributed by atoms with E-state index in [9.17, 15) is 14.0 Å². The summed E-state index contributed by atoms with van der Waals surface area (Å²) in [5.74, 6) is -0.833. The van der Waals surface area contributed by atoms with E-state index >= 15 is 0 Å². The zero-order chi connectivity index (χ0) is 26.0. The van der Waals surface area contributed by atoms with Crippen molar-refractivity contribution in [3.05, 3.63) is 142 Å². The maximum absolute atomic E-state index is 13.7. The van der Waals surface area contributed by atoms with Crippen molar-refractivity contribution in [3.8, 4) is 0 Å². The van der Waals surface area contributed by atoms with E-state index in [0.29, 0.717) is 11.4 Å². The molecule has 1 N–H and O–H groups in total. The topological polar surface area (TPSA) is 49.4 Å². The molecular formula is C31H28ClFN2O2.